The van der Waals surface area contributed by atoms with Gasteiger partial charge in [-0.25, -0.2) is 0 Å². The number of halogens is 1. The molecule has 0 aliphatic rings. The summed E-state index contributed by atoms with van der Waals surface area (Å²) in [4.78, 5) is 0. The third kappa shape index (κ3) is 4.50. The van der Waals surface area contributed by atoms with Crippen molar-refractivity contribution in [1.29, 1.82) is 0 Å². The molecule has 0 bridgehead atoms. The molecule has 0 aliphatic heterocycles. The molecule has 0 amide bonds. The van der Waals surface area contributed by atoms with E-state index in [2.05, 4.69) is 52.0 Å². The number of rotatable bonds is 7. The lowest BCUT2D eigenvalue weighted by Gasteiger charge is -2.23. The zero-order chi connectivity index (χ0) is 14.6. The average Bonchev–Trinajstić information content (AvgIpc) is 2.69. The van der Waals surface area contributed by atoms with Crippen LogP contribution in [0.15, 0.2) is 6.20 Å². The zero-order valence-corrected chi connectivity index (χ0v) is 13.8. The lowest BCUT2D eigenvalue weighted by molar-refractivity contribution is 0.397. The Morgan fingerprint density at radius 3 is 2.32 bits per heavy atom. The van der Waals surface area contributed by atoms with Crippen LogP contribution < -0.4 is 5.32 Å². The summed E-state index contributed by atoms with van der Waals surface area (Å²) in [6.07, 6.45) is 1.77. The molecular weight excluding hydrogens is 258 g/mol. The molecule has 19 heavy (non-hydrogen) atoms. The van der Waals surface area contributed by atoms with Gasteiger partial charge in [0, 0.05) is 12.0 Å². The van der Waals surface area contributed by atoms with Gasteiger partial charge in [-0.15, -0.1) is 0 Å². The number of hydrogen-bond donors (Lipinski definition) is 1. The Bertz CT molecular complexity index is 385. The van der Waals surface area contributed by atoms with E-state index in [0.717, 1.165) is 23.8 Å². The molecule has 2 unspecified atom stereocenters. The van der Waals surface area contributed by atoms with Crippen molar-refractivity contribution < 1.29 is 0 Å². The molecule has 1 heterocycles. The van der Waals surface area contributed by atoms with Crippen LogP contribution in [0.2, 0.25) is 5.02 Å². The Balaban J connectivity index is 2.71. The summed E-state index contributed by atoms with van der Waals surface area (Å²) in [5, 5.41) is 8.70. The van der Waals surface area contributed by atoms with E-state index in [4.69, 9.17) is 11.6 Å². The smallest absolute Gasteiger partial charge is 0.0820 e. The number of hydrogen-bond acceptors (Lipinski definition) is 2. The van der Waals surface area contributed by atoms with E-state index in [1.807, 2.05) is 4.68 Å². The highest BCUT2D eigenvalue weighted by molar-refractivity contribution is 6.31. The van der Waals surface area contributed by atoms with E-state index in [0.29, 0.717) is 23.8 Å². The highest BCUT2D eigenvalue weighted by atomic mass is 35.5. The standard InChI is InChI=1S/C15H28ClN3/c1-10(2)7-17-8-12(5)13(6)15-14(16)9-18-19(15)11(3)4/h9-13,17H,7-8H2,1-6H3. The van der Waals surface area contributed by atoms with Gasteiger partial charge in [0.15, 0.2) is 0 Å². The van der Waals surface area contributed by atoms with Gasteiger partial charge in [-0.3, -0.25) is 4.68 Å². The second kappa shape index (κ2) is 7.30. The maximum Gasteiger partial charge on any atom is 0.0820 e. The fourth-order valence-corrected chi connectivity index (χ4v) is 2.54. The fraction of sp³-hybridized carbons (Fsp3) is 0.800. The van der Waals surface area contributed by atoms with E-state index in [1.54, 1.807) is 6.20 Å². The van der Waals surface area contributed by atoms with Crippen LogP contribution in [-0.2, 0) is 0 Å². The third-order valence-corrected chi connectivity index (χ3v) is 3.87. The van der Waals surface area contributed by atoms with Crippen molar-refractivity contribution in [2.24, 2.45) is 11.8 Å². The first-order chi connectivity index (χ1) is 8.84. The Morgan fingerprint density at radius 2 is 1.79 bits per heavy atom. The van der Waals surface area contributed by atoms with Crippen molar-refractivity contribution in [2.45, 2.75) is 53.5 Å². The van der Waals surface area contributed by atoms with E-state index in [9.17, 15) is 0 Å². The van der Waals surface area contributed by atoms with Crippen LogP contribution >= 0.6 is 11.6 Å². The van der Waals surface area contributed by atoms with Crippen molar-refractivity contribution in [2.75, 3.05) is 13.1 Å². The summed E-state index contributed by atoms with van der Waals surface area (Å²) < 4.78 is 2.05. The first-order valence-electron chi connectivity index (χ1n) is 7.28. The van der Waals surface area contributed by atoms with E-state index in [1.165, 1.54) is 0 Å². The maximum absolute atomic E-state index is 6.31. The van der Waals surface area contributed by atoms with Gasteiger partial charge in [-0.05, 0) is 38.8 Å². The minimum Gasteiger partial charge on any atom is -0.316 e. The summed E-state index contributed by atoms with van der Waals surface area (Å²) in [6, 6.07) is 0.348. The van der Waals surface area contributed by atoms with E-state index < -0.39 is 0 Å². The molecule has 1 rings (SSSR count). The molecule has 1 N–H and O–H groups in total. The predicted octanol–water partition coefficient (Wildman–Crippen LogP) is 4.10. The van der Waals surface area contributed by atoms with Gasteiger partial charge in [0.2, 0.25) is 0 Å². The number of nitrogens with zero attached hydrogens (tertiary/aromatic N) is 2. The molecule has 1 aromatic heterocycles. The molecule has 4 heteroatoms. The molecule has 2 atom stereocenters. The molecule has 1 aromatic rings. The van der Waals surface area contributed by atoms with Crippen LogP contribution in [0.25, 0.3) is 0 Å². The predicted molar refractivity (Wildman–Crippen MR) is 82.9 cm³/mol. The molecule has 0 aliphatic carbocycles. The van der Waals surface area contributed by atoms with Gasteiger partial charge in [-0.1, -0.05) is 39.3 Å². The Kier molecular flexibility index (Phi) is 6.34. The first-order valence-corrected chi connectivity index (χ1v) is 7.66. The second-order valence-electron chi connectivity index (χ2n) is 6.23. The Hall–Kier alpha value is -0.540. The van der Waals surface area contributed by atoms with Crippen LogP contribution in [0.4, 0.5) is 0 Å². The van der Waals surface area contributed by atoms with Crippen molar-refractivity contribution in [1.82, 2.24) is 15.1 Å². The lowest BCUT2D eigenvalue weighted by Crippen LogP contribution is -2.28. The van der Waals surface area contributed by atoms with Crippen molar-refractivity contribution in [3.8, 4) is 0 Å². The van der Waals surface area contributed by atoms with E-state index >= 15 is 0 Å². The summed E-state index contributed by atoms with van der Waals surface area (Å²) in [7, 11) is 0. The SMILES string of the molecule is CC(C)CNCC(C)C(C)c1c(Cl)cnn1C(C)C. The lowest BCUT2D eigenvalue weighted by atomic mass is 9.92. The average molecular weight is 286 g/mol. The molecule has 0 aromatic carbocycles. The highest BCUT2D eigenvalue weighted by Gasteiger charge is 2.22. The van der Waals surface area contributed by atoms with Crippen LogP contribution in [0.1, 0.15) is 59.2 Å². The van der Waals surface area contributed by atoms with Gasteiger partial charge in [0.05, 0.1) is 16.9 Å². The molecule has 110 valence electrons. The molecule has 0 saturated carbocycles. The quantitative estimate of drug-likeness (QED) is 0.817. The van der Waals surface area contributed by atoms with Gasteiger partial charge in [0.1, 0.15) is 0 Å². The van der Waals surface area contributed by atoms with Crippen LogP contribution in [0.5, 0.6) is 0 Å². The van der Waals surface area contributed by atoms with E-state index in [-0.39, 0.29) is 0 Å². The monoisotopic (exact) mass is 285 g/mol. The summed E-state index contributed by atoms with van der Waals surface area (Å²) in [6.45, 7) is 15.3. The van der Waals surface area contributed by atoms with Gasteiger partial charge in [0.25, 0.3) is 0 Å². The van der Waals surface area contributed by atoms with Crippen molar-refractivity contribution >= 4 is 11.6 Å². The summed E-state index contributed by atoms with van der Waals surface area (Å²) in [5.74, 6) is 1.62. The fourth-order valence-electron chi connectivity index (χ4n) is 2.23. The molecule has 0 spiro atoms. The molecule has 0 fully saturated rings. The highest BCUT2D eigenvalue weighted by Crippen LogP contribution is 2.31. The first kappa shape index (κ1) is 16.5. The van der Waals surface area contributed by atoms with Crippen molar-refractivity contribution in [3.05, 3.63) is 16.9 Å². The van der Waals surface area contributed by atoms with Gasteiger partial charge < -0.3 is 5.32 Å². The molecule has 3 nitrogen and oxygen atoms in total. The summed E-state index contributed by atoms with van der Waals surface area (Å²) >= 11 is 6.31. The van der Waals surface area contributed by atoms with Crippen LogP contribution in [0, 0.1) is 11.8 Å². The Morgan fingerprint density at radius 1 is 1.16 bits per heavy atom. The summed E-state index contributed by atoms with van der Waals surface area (Å²) in [5.41, 5.74) is 1.16. The molecule has 0 radical (unpaired) electrons. The van der Waals surface area contributed by atoms with Crippen LogP contribution in [-0.4, -0.2) is 22.9 Å². The minimum absolute atomic E-state index is 0.348. The van der Waals surface area contributed by atoms with Gasteiger partial charge in [-0.2, -0.15) is 5.10 Å². The van der Waals surface area contributed by atoms with Crippen LogP contribution in [0.3, 0.4) is 0 Å². The zero-order valence-electron chi connectivity index (χ0n) is 13.1. The van der Waals surface area contributed by atoms with Gasteiger partial charge >= 0.3 is 0 Å². The topological polar surface area (TPSA) is 29.9 Å². The molecular formula is C15H28ClN3. The largest absolute Gasteiger partial charge is 0.316 e. The molecule has 0 saturated heterocycles. The normalized spacial score (nSPS) is 15.2. The third-order valence-electron chi connectivity index (χ3n) is 3.58. The minimum atomic E-state index is 0.348. The number of aromatic nitrogens is 2. The second-order valence-corrected chi connectivity index (χ2v) is 6.64. The van der Waals surface area contributed by atoms with Crippen molar-refractivity contribution in [3.63, 3.8) is 0 Å². The Labute approximate surface area is 122 Å². The maximum atomic E-state index is 6.31. The number of nitrogens with one attached hydrogen (secondary N) is 1.